The topological polar surface area (TPSA) is 43.1 Å². The third-order valence-corrected chi connectivity index (χ3v) is 4.56. The molecule has 0 radical (unpaired) electrons. The minimum absolute atomic E-state index is 0.127. The second-order valence-electron chi connectivity index (χ2n) is 7.46. The summed E-state index contributed by atoms with van der Waals surface area (Å²) in [5.41, 5.74) is 5.35. The summed E-state index contributed by atoms with van der Waals surface area (Å²) in [6, 6.07) is 0. The van der Waals surface area contributed by atoms with E-state index in [-0.39, 0.29) is 16.7 Å². The summed E-state index contributed by atoms with van der Waals surface area (Å²) in [7, 11) is 0. The van der Waals surface area contributed by atoms with Crippen molar-refractivity contribution in [3.05, 3.63) is 0 Å². The molecule has 0 aromatic rings. The Morgan fingerprint density at radius 3 is 1.67 bits per heavy atom. The molecular formula is C16H33NO. The first-order chi connectivity index (χ1) is 7.98. The smallest absolute Gasteiger partial charge is 0.223 e. The molecule has 0 rings (SSSR count). The second kappa shape index (κ2) is 6.08. The summed E-state index contributed by atoms with van der Waals surface area (Å²) in [6.07, 6.45) is 1.68. The zero-order valence-electron chi connectivity index (χ0n) is 13.6. The largest absolute Gasteiger partial charge is 0.369 e. The van der Waals surface area contributed by atoms with E-state index < -0.39 is 0 Å². The lowest BCUT2D eigenvalue weighted by Crippen LogP contribution is -2.42. The highest BCUT2D eigenvalue weighted by Gasteiger charge is 2.41. The van der Waals surface area contributed by atoms with E-state index in [2.05, 4.69) is 48.5 Å². The Balaban J connectivity index is 5.19. The fourth-order valence-electron chi connectivity index (χ4n) is 4.08. The van der Waals surface area contributed by atoms with Crippen molar-refractivity contribution < 1.29 is 4.79 Å². The number of carbonyl (C=O) groups is 1. The maximum atomic E-state index is 11.7. The summed E-state index contributed by atoms with van der Waals surface area (Å²) in [4.78, 5) is 11.7. The molecule has 0 aromatic carbocycles. The Morgan fingerprint density at radius 1 is 1.06 bits per heavy atom. The summed E-state index contributed by atoms with van der Waals surface area (Å²) < 4.78 is 0. The normalized spacial score (nSPS) is 16.4. The minimum Gasteiger partial charge on any atom is -0.369 e. The van der Waals surface area contributed by atoms with Gasteiger partial charge in [0.1, 0.15) is 0 Å². The number of amides is 1. The van der Waals surface area contributed by atoms with E-state index in [4.69, 9.17) is 5.73 Å². The van der Waals surface area contributed by atoms with E-state index in [1.54, 1.807) is 0 Å². The summed E-state index contributed by atoms with van der Waals surface area (Å²) in [5.74, 6) is 1.68. The molecule has 0 aliphatic heterocycles. The standard InChI is InChI=1S/C16H33NO/c1-9-16(8,14(17)18)10-15(6,7)13(11(2)3)12(4)5/h11-13H,9-10H2,1-8H3,(H2,17,18). The monoisotopic (exact) mass is 255 g/mol. The highest BCUT2D eigenvalue weighted by molar-refractivity contribution is 5.80. The average Bonchev–Trinajstić information content (AvgIpc) is 2.14. The lowest BCUT2D eigenvalue weighted by atomic mass is 9.60. The molecule has 18 heavy (non-hydrogen) atoms. The van der Waals surface area contributed by atoms with Crippen LogP contribution in [-0.2, 0) is 4.79 Å². The molecule has 0 saturated carbocycles. The summed E-state index contributed by atoms with van der Waals surface area (Å²) in [5, 5.41) is 0. The van der Waals surface area contributed by atoms with Crippen LogP contribution >= 0.6 is 0 Å². The molecule has 0 fully saturated rings. The van der Waals surface area contributed by atoms with Gasteiger partial charge in [0.2, 0.25) is 5.91 Å². The number of primary amides is 1. The van der Waals surface area contributed by atoms with Crippen LogP contribution < -0.4 is 5.73 Å². The lowest BCUT2D eigenvalue weighted by molar-refractivity contribution is -0.129. The molecule has 2 N–H and O–H groups in total. The van der Waals surface area contributed by atoms with Gasteiger partial charge in [-0.25, -0.2) is 0 Å². The average molecular weight is 255 g/mol. The molecule has 0 bridgehead atoms. The number of rotatable bonds is 7. The van der Waals surface area contributed by atoms with Crippen LogP contribution in [0.15, 0.2) is 0 Å². The van der Waals surface area contributed by atoms with Crippen molar-refractivity contribution in [1.82, 2.24) is 0 Å². The maximum Gasteiger partial charge on any atom is 0.223 e. The molecule has 1 atom stereocenters. The zero-order chi connectivity index (χ0) is 14.7. The first kappa shape index (κ1) is 17.5. The van der Waals surface area contributed by atoms with Gasteiger partial charge in [0.05, 0.1) is 0 Å². The first-order valence-electron chi connectivity index (χ1n) is 7.28. The number of hydrogen-bond acceptors (Lipinski definition) is 1. The molecular weight excluding hydrogens is 222 g/mol. The van der Waals surface area contributed by atoms with Crippen molar-refractivity contribution >= 4 is 5.91 Å². The van der Waals surface area contributed by atoms with Gasteiger partial charge < -0.3 is 5.73 Å². The Morgan fingerprint density at radius 2 is 1.44 bits per heavy atom. The molecule has 0 heterocycles. The molecule has 1 amide bonds. The van der Waals surface area contributed by atoms with Gasteiger partial charge in [-0.05, 0) is 36.0 Å². The molecule has 0 aromatic heterocycles. The van der Waals surface area contributed by atoms with Gasteiger partial charge in [-0.2, -0.15) is 0 Å². The number of carbonyl (C=O) groups excluding carboxylic acids is 1. The highest BCUT2D eigenvalue weighted by Crippen LogP contribution is 2.46. The Labute approximate surface area is 114 Å². The molecule has 0 saturated heterocycles. The molecule has 2 heteroatoms. The second-order valence-corrected chi connectivity index (χ2v) is 7.46. The summed E-state index contributed by atoms with van der Waals surface area (Å²) >= 11 is 0. The Bertz CT molecular complexity index is 273. The van der Waals surface area contributed by atoms with Crippen LogP contribution in [0.1, 0.15) is 68.2 Å². The SMILES string of the molecule is CCC(C)(CC(C)(C)C(C(C)C)C(C)C)C(N)=O. The van der Waals surface area contributed by atoms with E-state index in [0.717, 1.165) is 12.8 Å². The third-order valence-electron chi connectivity index (χ3n) is 4.56. The van der Waals surface area contributed by atoms with Gasteiger partial charge in [0.25, 0.3) is 0 Å². The van der Waals surface area contributed by atoms with E-state index in [1.807, 2.05) is 6.92 Å². The van der Waals surface area contributed by atoms with Crippen LogP contribution in [0.3, 0.4) is 0 Å². The fourth-order valence-corrected chi connectivity index (χ4v) is 4.08. The van der Waals surface area contributed by atoms with E-state index in [1.165, 1.54) is 0 Å². The molecule has 2 nitrogen and oxygen atoms in total. The van der Waals surface area contributed by atoms with E-state index >= 15 is 0 Å². The van der Waals surface area contributed by atoms with Crippen molar-refractivity contribution in [2.24, 2.45) is 34.3 Å². The molecule has 0 spiro atoms. The van der Waals surface area contributed by atoms with Gasteiger partial charge in [0.15, 0.2) is 0 Å². The fraction of sp³-hybridized carbons (Fsp3) is 0.938. The first-order valence-corrected chi connectivity index (χ1v) is 7.28. The van der Waals surface area contributed by atoms with Gasteiger partial charge >= 0.3 is 0 Å². The van der Waals surface area contributed by atoms with Gasteiger partial charge in [-0.1, -0.05) is 55.4 Å². The minimum atomic E-state index is -0.383. The number of nitrogens with two attached hydrogens (primary N) is 1. The zero-order valence-corrected chi connectivity index (χ0v) is 13.6. The van der Waals surface area contributed by atoms with E-state index in [9.17, 15) is 4.79 Å². The molecule has 0 aliphatic carbocycles. The van der Waals surface area contributed by atoms with Crippen molar-refractivity contribution in [2.75, 3.05) is 0 Å². The van der Waals surface area contributed by atoms with Crippen molar-refractivity contribution in [2.45, 2.75) is 68.2 Å². The van der Waals surface area contributed by atoms with Crippen molar-refractivity contribution in [1.29, 1.82) is 0 Å². The van der Waals surface area contributed by atoms with Crippen LogP contribution in [0.5, 0.6) is 0 Å². The predicted octanol–water partition coefficient (Wildman–Crippen LogP) is 4.23. The van der Waals surface area contributed by atoms with Crippen molar-refractivity contribution in [3.8, 4) is 0 Å². The molecule has 1 unspecified atom stereocenters. The number of hydrogen-bond donors (Lipinski definition) is 1. The van der Waals surface area contributed by atoms with Crippen molar-refractivity contribution in [3.63, 3.8) is 0 Å². The van der Waals surface area contributed by atoms with Crippen LogP contribution in [0.2, 0.25) is 0 Å². The van der Waals surface area contributed by atoms with Crippen LogP contribution in [0.25, 0.3) is 0 Å². The highest BCUT2D eigenvalue weighted by atomic mass is 16.1. The van der Waals surface area contributed by atoms with Crippen LogP contribution in [-0.4, -0.2) is 5.91 Å². The van der Waals surface area contributed by atoms with Gasteiger partial charge in [-0.15, -0.1) is 0 Å². The third kappa shape index (κ3) is 4.00. The molecule has 108 valence electrons. The summed E-state index contributed by atoms with van der Waals surface area (Å²) in [6.45, 7) is 17.7. The molecule has 0 aliphatic rings. The quantitative estimate of drug-likeness (QED) is 0.726. The lowest BCUT2D eigenvalue weighted by Gasteiger charge is -2.44. The van der Waals surface area contributed by atoms with Gasteiger partial charge in [-0.3, -0.25) is 4.79 Å². The maximum absolute atomic E-state index is 11.7. The van der Waals surface area contributed by atoms with Crippen LogP contribution in [0.4, 0.5) is 0 Å². The predicted molar refractivity (Wildman–Crippen MR) is 79.2 cm³/mol. The Kier molecular flexibility index (Phi) is 5.90. The van der Waals surface area contributed by atoms with Crippen LogP contribution in [0, 0.1) is 28.6 Å². The Hall–Kier alpha value is -0.530. The van der Waals surface area contributed by atoms with E-state index in [0.29, 0.717) is 17.8 Å². The van der Waals surface area contributed by atoms with Gasteiger partial charge in [0, 0.05) is 5.41 Å².